The van der Waals surface area contributed by atoms with Crippen molar-refractivity contribution in [3.05, 3.63) is 54.6 Å². The summed E-state index contributed by atoms with van der Waals surface area (Å²) in [4.78, 5) is 24.9. The molecule has 2 aromatic rings. The fraction of sp³-hybridized carbons (Fsp3) is 0.222. The molecule has 0 aliphatic carbocycles. The molecule has 2 aromatic carbocycles. The summed E-state index contributed by atoms with van der Waals surface area (Å²) in [6.07, 6.45) is -3.67. The number of likely N-dealkylation sites (N-methyl/N-ethyl adjacent to an activating group) is 1. The molecule has 0 heterocycles. The Hall–Kier alpha value is -2.70. The van der Waals surface area contributed by atoms with Gasteiger partial charge in [-0.05, 0) is 11.6 Å². The van der Waals surface area contributed by atoms with E-state index in [1.54, 1.807) is 12.1 Å². The number of hydrogen-bond acceptors (Lipinski definition) is 4. The SMILES string of the molecule is CN(C)C(=O)C(O)C(O)C(=O)Nc1ccccc1-c1ccccc1. The van der Waals surface area contributed by atoms with E-state index in [1.165, 1.54) is 14.1 Å². The number of nitrogens with zero attached hydrogens (tertiary/aromatic N) is 1. The van der Waals surface area contributed by atoms with Gasteiger partial charge in [-0.15, -0.1) is 0 Å². The predicted octanol–water partition coefficient (Wildman–Crippen LogP) is 1.10. The molecule has 0 saturated carbocycles. The molecule has 2 amide bonds. The highest BCUT2D eigenvalue weighted by Gasteiger charge is 2.31. The summed E-state index contributed by atoms with van der Waals surface area (Å²) >= 11 is 0. The maximum Gasteiger partial charge on any atom is 0.256 e. The normalized spacial score (nSPS) is 13.0. The zero-order valence-electron chi connectivity index (χ0n) is 13.5. The predicted molar refractivity (Wildman–Crippen MR) is 91.2 cm³/mol. The number of hydrogen-bond donors (Lipinski definition) is 3. The van der Waals surface area contributed by atoms with Crippen molar-refractivity contribution in [2.24, 2.45) is 0 Å². The maximum absolute atomic E-state index is 12.2. The summed E-state index contributed by atoms with van der Waals surface area (Å²) in [5, 5.41) is 22.3. The lowest BCUT2D eigenvalue weighted by atomic mass is 10.0. The minimum atomic E-state index is -1.86. The van der Waals surface area contributed by atoms with Crippen molar-refractivity contribution in [1.29, 1.82) is 0 Å². The highest BCUT2D eigenvalue weighted by atomic mass is 16.3. The average molecular weight is 328 g/mol. The molecular weight excluding hydrogens is 308 g/mol. The van der Waals surface area contributed by atoms with Gasteiger partial charge in [0.25, 0.3) is 11.8 Å². The lowest BCUT2D eigenvalue weighted by Crippen LogP contribution is -2.47. The standard InChI is InChI=1S/C18H20N2O4/c1-20(2)18(24)16(22)15(21)17(23)19-14-11-7-6-10-13(14)12-8-4-3-5-9-12/h3-11,15-16,21-22H,1-2H3,(H,19,23). The smallest absolute Gasteiger partial charge is 0.256 e. The zero-order chi connectivity index (χ0) is 17.7. The van der Waals surface area contributed by atoms with Crippen LogP contribution in [0.5, 0.6) is 0 Å². The quantitative estimate of drug-likeness (QED) is 0.767. The molecule has 2 unspecified atom stereocenters. The highest BCUT2D eigenvalue weighted by molar-refractivity contribution is 6.00. The van der Waals surface area contributed by atoms with Crippen LogP contribution in [0.2, 0.25) is 0 Å². The molecule has 0 aromatic heterocycles. The molecule has 6 heteroatoms. The first-order chi connectivity index (χ1) is 11.4. The van der Waals surface area contributed by atoms with Gasteiger partial charge in [-0.1, -0.05) is 48.5 Å². The number of aliphatic hydroxyl groups excluding tert-OH is 2. The van der Waals surface area contributed by atoms with E-state index in [2.05, 4.69) is 5.32 Å². The Morgan fingerprint density at radius 1 is 0.917 bits per heavy atom. The summed E-state index contributed by atoms with van der Waals surface area (Å²) in [5.74, 6) is -1.59. The molecule has 0 fully saturated rings. The number of rotatable bonds is 5. The van der Waals surface area contributed by atoms with Gasteiger partial charge in [0, 0.05) is 25.3 Å². The van der Waals surface area contributed by atoms with Crippen LogP contribution < -0.4 is 5.32 Å². The number of benzene rings is 2. The fourth-order valence-corrected chi connectivity index (χ4v) is 2.21. The Bertz CT molecular complexity index is 716. The van der Waals surface area contributed by atoms with E-state index < -0.39 is 24.0 Å². The molecule has 0 saturated heterocycles. The van der Waals surface area contributed by atoms with E-state index in [0.29, 0.717) is 5.69 Å². The molecule has 6 nitrogen and oxygen atoms in total. The van der Waals surface area contributed by atoms with Gasteiger partial charge in [-0.3, -0.25) is 9.59 Å². The summed E-state index contributed by atoms with van der Waals surface area (Å²) in [6.45, 7) is 0. The van der Waals surface area contributed by atoms with Gasteiger partial charge < -0.3 is 20.4 Å². The van der Waals surface area contributed by atoms with Crippen LogP contribution in [0.15, 0.2) is 54.6 Å². The van der Waals surface area contributed by atoms with Crippen LogP contribution in [0, 0.1) is 0 Å². The summed E-state index contributed by atoms with van der Waals surface area (Å²) in [7, 11) is 2.86. The third-order valence-corrected chi connectivity index (χ3v) is 3.53. The minimum Gasteiger partial charge on any atom is -0.380 e. The number of para-hydroxylation sites is 1. The van der Waals surface area contributed by atoms with Crippen LogP contribution in [0.4, 0.5) is 5.69 Å². The minimum absolute atomic E-state index is 0.484. The van der Waals surface area contributed by atoms with Gasteiger partial charge in [0.1, 0.15) is 0 Å². The molecule has 3 N–H and O–H groups in total. The first kappa shape index (κ1) is 17.7. The topological polar surface area (TPSA) is 89.9 Å². The summed E-state index contributed by atoms with van der Waals surface area (Å²) in [5.41, 5.74) is 2.15. The van der Waals surface area contributed by atoms with Crippen molar-refractivity contribution in [1.82, 2.24) is 4.90 Å². The van der Waals surface area contributed by atoms with Crippen molar-refractivity contribution in [2.45, 2.75) is 12.2 Å². The molecule has 0 spiro atoms. The van der Waals surface area contributed by atoms with E-state index in [1.807, 2.05) is 42.5 Å². The summed E-state index contributed by atoms with van der Waals surface area (Å²) < 4.78 is 0. The van der Waals surface area contributed by atoms with Crippen molar-refractivity contribution < 1.29 is 19.8 Å². The van der Waals surface area contributed by atoms with Crippen LogP contribution in [0.25, 0.3) is 11.1 Å². The average Bonchev–Trinajstić information content (AvgIpc) is 2.60. The van der Waals surface area contributed by atoms with E-state index in [0.717, 1.165) is 16.0 Å². The molecule has 0 aliphatic rings. The second kappa shape index (κ2) is 7.72. The Kier molecular flexibility index (Phi) is 5.68. The molecule has 24 heavy (non-hydrogen) atoms. The molecule has 0 radical (unpaired) electrons. The zero-order valence-corrected chi connectivity index (χ0v) is 13.5. The fourth-order valence-electron chi connectivity index (χ4n) is 2.21. The number of aliphatic hydroxyl groups is 2. The highest BCUT2D eigenvalue weighted by Crippen LogP contribution is 2.27. The maximum atomic E-state index is 12.2. The van der Waals surface area contributed by atoms with Gasteiger partial charge in [0.2, 0.25) is 0 Å². The van der Waals surface area contributed by atoms with Crippen LogP contribution in [0.1, 0.15) is 0 Å². The Labute approximate surface area is 140 Å². The van der Waals surface area contributed by atoms with Gasteiger partial charge in [-0.25, -0.2) is 0 Å². The van der Waals surface area contributed by atoms with Crippen molar-refractivity contribution in [3.63, 3.8) is 0 Å². The van der Waals surface area contributed by atoms with Crippen LogP contribution >= 0.6 is 0 Å². The van der Waals surface area contributed by atoms with Crippen LogP contribution in [-0.2, 0) is 9.59 Å². The van der Waals surface area contributed by atoms with Gasteiger partial charge in [0.15, 0.2) is 12.2 Å². The lowest BCUT2D eigenvalue weighted by Gasteiger charge is -2.20. The number of nitrogens with one attached hydrogen (secondary N) is 1. The Balaban J connectivity index is 2.20. The number of carbonyl (C=O) groups excluding carboxylic acids is 2. The molecule has 2 rings (SSSR count). The largest absolute Gasteiger partial charge is 0.380 e. The van der Waals surface area contributed by atoms with Crippen molar-refractivity contribution >= 4 is 17.5 Å². The van der Waals surface area contributed by atoms with Gasteiger partial charge >= 0.3 is 0 Å². The second-order valence-electron chi connectivity index (χ2n) is 5.52. The molecule has 126 valence electrons. The van der Waals surface area contributed by atoms with Crippen LogP contribution in [-0.4, -0.2) is 53.2 Å². The third-order valence-electron chi connectivity index (χ3n) is 3.53. The van der Waals surface area contributed by atoms with E-state index >= 15 is 0 Å². The molecule has 0 aliphatic heterocycles. The van der Waals surface area contributed by atoms with Crippen molar-refractivity contribution in [2.75, 3.05) is 19.4 Å². The number of anilines is 1. The lowest BCUT2D eigenvalue weighted by molar-refractivity contribution is -0.149. The van der Waals surface area contributed by atoms with Crippen LogP contribution in [0.3, 0.4) is 0 Å². The summed E-state index contributed by atoms with van der Waals surface area (Å²) in [6, 6.07) is 16.5. The van der Waals surface area contributed by atoms with Gasteiger partial charge in [0.05, 0.1) is 0 Å². The molecular formula is C18H20N2O4. The number of carbonyl (C=O) groups is 2. The monoisotopic (exact) mass is 328 g/mol. The molecule has 0 bridgehead atoms. The van der Waals surface area contributed by atoms with E-state index in [-0.39, 0.29) is 0 Å². The van der Waals surface area contributed by atoms with Crippen molar-refractivity contribution in [3.8, 4) is 11.1 Å². The Morgan fingerprint density at radius 3 is 2.12 bits per heavy atom. The van der Waals surface area contributed by atoms with E-state index in [9.17, 15) is 19.8 Å². The third kappa shape index (κ3) is 3.98. The first-order valence-electron chi connectivity index (χ1n) is 7.44. The Morgan fingerprint density at radius 2 is 1.50 bits per heavy atom. The molecule has 2 atom stereocenters. The first-order valence-corrected chi connectivity index (χ1v) is 7.44. The second-order valence-corrected chi connectivity index (χ2v) is 5.52. The number of amides is 2. The van der Waals surface area contributed by atoms with E-state index in [4.69, 9.17) is 0 Å². The van der Waals surface area contributed by atoms with Gasteiger partial charge in [-0.2, -0.15) is 0 Å².